The van der Waals surface area contributed by atoms with Crippen LogP contribution in [-0.2, 0) is 6.42 Å². The highest BCUT2D eigenvalue weighted by molar-refractivity contribution is 5.96. The molecule has 2 aromatic carbocycles. The Morgan fingerprint density at radius 2 is 1.79 bits per heavy atom. The van der Waals surface area contributed by atoms with Gasteiger partial charge in [0.15, 0.2) is 0 Å². The first-order valence-electron chi connectivity index (χ1n) is 7.97. The third-order valence-corrected chi connectivity index (χ3v) is 3.99. The van der Waals surface area contributed by atoms with E-state index in [-0.39, 0.29) is 12.1 Å². The quantitative estimate of drug-likeness (QED) is 0.785. The van der Waals surface area contributed by atoms with Crippen molar-refractivity contribution >= 4 is 17.6 Å². The van der Waals surface area contributed by atoms with Gasteiger partial charge in [0.05, 0.1) is 6.04 Å². The fourth-order valence-electron chi connectivity index (χ4n) is 2.51. The van der Waals surface area contributed by atoms with Gasteiger partial charge >= 0.3 is 6.03 Å². The molecule has 0 spiro atoms. The van der Waals surface area contributed by atoms with Crippen LogP contribution in [0.15, 0.2) is 42.5 Å². The van der Waals surface area contributed by atoms with E-state index in [2.05, 4.69) is 29.7 Å². The Hall–Kier alpha value is -2.82. The first kappa shape index (κ1) is 17.5. The van der Waals surface area contributed by atoms with Crippen LogP contribution in [0.3, 0.4) is 0 Å². The highest BCUT2D eigenvalue weighted by atomic mass is 16.2. The third-order valence-electron chi connectivity index (χ3n) is 3.99. The highest BCUT2D eigenvalue weighted by Gasteiger charge is 2.11. The van der Waals surface area contributed by atoms with Gasteiger partial charge in [-0.15, -0.1) is 0 Å². The number of hydrogen-bond acceptors (Lipinski definition) is 2. The molecule has 126 valence electrons. The van der Waals surface area contributed by atoms with Crippen molar-refractivity contribution in [3.63, 3.8) is 0 Å². The lowest BCUT2D eigenvalue weighted by molar-refractivity contribution is 0.0999. The van der Waals surface area contributed by atoms with Crippen LogP contribution in [0.25, 0.3) is 0 Å². The third kappa shape index (κ3) is 4.35. The number of nitrogens with two attached hydrogens (primary N) is 1. The van der Waals surface area contributed by atoms with Crippen LogP contribution in [0, 0.1) is 6.92 Å². The number of aryl methyl sites for hydroxylation is 2. The molecule has 0 radical (unpaired) electrons. The summed E-state index contributed by atoms with van der Waals surface area (Å²) in [5, 5.41) is 5.67. The van der Waals surface area contributed by atoms with Gasteiger partial charge in [-0.25, -0.2) is 4.79 Å². The zero-order chi connectivity index (χ0) is 17.7. The highest BCUT2D eigenvalue weighted by Crippen LogP contribution is 2.16. The molecule has 5 heteroatoms. The van der Waals surface area contributed by atoms with E-state index in [0.717, 1.165) is 17.5 Å². The summed E-state index contributed by atoms with van der Waals surface area (Å²) in [7, 11) is 0. The normalized spacial score (nSPS) is 11.6. The second kappa shape index (κ2) is 7.64. The standard InChI is InChI=1S/C19H23N3O2/c1-4-14-5-7-15(8-6-14)13(3)21-19(24)22-16-9-10-17(18(20)23)12(2)11-16/h5-11,13H,4H2,1-3H3,(H2,20,23)(H2,21,22,24). The van der Waals surface area contributed by atoms with Gasteiger partial charge in [0.2, 0.25) is 5.91 Å². The van der Waals surface area contributed by atoms with Crippen LogP contribution in [0.5, 0.6) is 0 Å². The Kier molecular flexibility index (Phi) is 5.58. The van der Waals surface area contributed by atoms with E-state index in [1.807, 2.05) is 19.1 Å². The molecule has 0 aliphatic carbocycles. The Balaban J connectivity index is 1.99. The largest absolute Gasteiger partial charge is 0.366 e. The van der Waals surface area contributed by atoms with Crippen LogP contribution in [0.4, 0.5) is 10.5 Å². The number of carbonyl (C=O) groups excluding carboxylic acids is 2. The van der Waals surface area contributed by atoms with Crippen molar-refractivity contribution < 1.29 is 9.59 Å². The smallest absolute Gasteiger partial charge is 0.319 e. The van der Waals surface area contributed by atoms with E-state index in [1.165, 1.54) is 5.56 Å². The number of rotatable bonds is 5. The number of anilines is 1. The SMILES string of the molecule is CCc1ccc(C(C)NC(=O)Nc2ccc(C(N)=O)c(C)c2)cc1. The van der Waals surface area contributed by atoms with Crippen molar-refractivity contribution in [3.05, 3.63) is 64.7 Å². The minimum atomic E-state index is -0.479. The number of benzene rings is 2. The predicted molar refractivity (Wildman–Crippen MR) is 96.1 cm³/mol. The van der Waals surface area contributed by atoms with Crippen LogP contribution in [-0.4, -0.2) is 11.9 Å². The summed E-state index contributed by atoms with van der Waals surface area (Å²) in [5.41, 5.74) is 9.38. The Bertz CT molecular complexity index is 739. The molecule has 24 heavy (non-hydrogen) atoms. The molecule has 2 rings (SSSR count). The maximum absolute atomic E-state index is 12.1. The number of hydrogen-bond donors (Lipinski definition) is 3. The molecule has 0 saturated heterocycles. The van der Waals surface area contributed by atoms with Crippen molar-refractivity contribution in [3.8, 4) is 0 Å². The number of amides is 3. The van der Waals surface area contributed by atoms with Gasteiger partial charge in [-0.3, -0.25) is 4.79 Å². The van der Waals surface area contributed by atoms with E-state index < -0.39 is 5.91 Å². The molecule has 1 unspecified atom stereocenters. The van der Waals surface area contributed by atoms with Crippen molar-refractivity contribution in [2.45, 2.75) is 33.2 Å². The lowest BCUT2D eigenvalue weighted by Crippen LogP contribution is -2.31. The Morgan fingerprint density at radius 3 is 2.33 bits per heavy atom. The van der Waals surface area contributed by atoms with E-state index in [9.17, 15) is 9.59 Å². The zero-order valence-corrected chi connectivity index (χ0v) is 14.2. The second-order valence-corrected chi connectivity index (χ2v) is 5.81. The fraction of sp³-hybridized carbons (Fsp3) is 0.263. The van der Waals surface area contributed by atoms with Crippen molar-refractivity contribution in [2.75, 3.05) is 5.32 Å². The predicted octanol–water partition coefficient (Wildman–Crippen LogP) is 3.54. The van der Waals surface area contributed by atoms with Gasteiger partial charge in [-0.2, -0.15) is 0 Å². The molecule has 0 saturated carbocycles. The summed E-state index contributed by atoms with van der Waals surface area (Å²) >= 11 is 0. The maximum atomic E-state index is 12.1. The van der Waals surface area contributed by atoms with Gasteiger partial charge in [0, 0.05) is 11.3 Å². The van der Waals surface area contributed by atoms with Crippen LogP contribution in [0.2, 0.25) is 0 Å². The first-order valence-corrected chi connectivity index (χ1v) is 7.97. The molecule has 1 atom stereocenters. The maximum Gasteiger partial charge on any atom is 0.319 e. The van der Waals surface area contributed by atoms with E-state index >= 15 is 0 Å². The van der Waals surface area contributed by atoms with E-state index in [0.29, 0.717) is 11.3 Å². The number of urea groups is 1. The summed E-state index contributed by atoms with van der Waals surface area (Å²) in [6.45, 7) is 5.82. The van der Waals surface area contributed by atoms with Gasteiger partial charge in [0.25, 0.3) is 0 Å². The molecule has 0 fully saturated rings. The van der Waals surface area contributed by atoms with Crippen molar-refractivity contribution in [1.29, 1.82) is 0 Å². The van der Waals surface area contributed by atoms with Crippen LogP contribution < -0.4 is 16.4 Å². The number of primary amides is 1. The van der Waals surface area contributed by atoms with Gasteiger partial charge in [-0.05, 0) is 55.2 Å². The Labute approximate surface area is 142 Å². The van der Waals surface area contributed by atoms with E-state index in [4.69, 9.17) is 5.73 Å². The molecule has 0 bridgehead atoms. The first-order chi connectivity index (χ1) is 11.4. The minimum absolute atomic E-state index is 0.109. The monoisotopic (exact) mass is 325 g/mol. The minimum Gasteiger partial charge on any atom is -0.366 e. The molecular weight excluding hydrogens is 302 g/mol. The van der Waals surface area contributed by atoms with Crippen LogP contribution in [0.1, 0.15) is 46.9 Å². The lowest BCUT2D eigenvalue weighted by atomic mass is 10.1. The number of carbonyl (C=O) groups is 2. The molecule has 5 nitrogen and oxygen atoms in total. The number of nitrogens with one attached hydrogen (secondary N) is 2. The average molecular weight is 325 g/mol. The lowest BCUT2D eigenvalue weighted by Gasteiger charge is -2.16. The van der Waals surface area contributed by atoms with Crippen LogP contribution >= 0.6 is 0 Å². The van der Waals surface area contributed by atoms with E-state index in [1.54, 1.807) is 25.1 Å². The summed E-state index contributed by atoms with van der Waals surface area (Å²) in [4.78, 5) is 23.4. The van der Waals surface area contributed by atoms with Gasteiger partial charge in [-0.1, -0.05) is 31.2 Å². The molecule has 3 amide bonds. The van der Waals surface area contributed by atoms with Gasteiger partial charge in [0.1, 0.15) is 0 Å². The average Bonchev–Trinajstić information content (AvgIpc) is 2.54. The summed E-state index contributed by atoms with van der Waals surface area (Å²) < 4.78 is 0. The molecular formula is C19H23N3O2. The second-order valence-electron chi connectivity index (χ2n) is 5.81. The topological polar surface area (TPSA) is 84.2 Å². The molecule has 4 N–H and O–H groups in total. The molecule has 0 heterocycles. The zero-order valence-electron chi connectivity index (χ0n) is 14.2. The molecule has 0 aliphatic rings. The molecule has 0 aliphatic heterocycles. The summed E-state index contributed by atoms with van der Waals surface area (Å²) in [5.74, 6) is -0.479. The molecule has 0 aromatic heterocycles. The molecule has 2 aromatic rings. The van der Waals surface area contributed by atoms with Gasteiger partial charge < -0.3 is 16.4 Å². The Morgan fingerprint density at radius 1 is 1.12 bits per heavy atom. The summed E-state index contributed by atoms with van der Waals surface area (Å²) in [6, 6.07) is 12.8. The fourth-order valence-corrected chi connectivity index (χ4v) is 2.51. The van der Waals surface area contributed by atoms with Crippen molar-refractivity contribution in [2.24, 2.45) is 5.73 Å². The summed E-state index contributed by atoms with van der Waals surface area (Å²) in [6.07, 6.45) is 0.989. The van der Waals surface area contributed by atoms with Crippen molar-refractivity contribution in [1.82, 2.24) is 5.32 Å².